The molecule has 0 bridgehead atoms. The van der Waals surface area contributed by atoms with Crippen LogP contribution >= 0.6 is 0 Å². The molecule has 6 heteroatoms. The van der Waals surface area contributed by atoms with Crippen molar-refractivity contribution in [2.24, 2.45) is 0 Å². The van der Waals surface area contributed by atoms with E-state index >= 15 is 0 Å². The number of carbonyl (C=O) groups excluding carboxylic acids is 2. The van der Waals surface area contributed by atoms with Crippen LogP contribution in [0.2, 0.25) is 0 Å². The van der Waals surface area contributed by atoms with E-state index in [1.807, 2.05) is 10.8 Å². The zero-order valence-corrected chi connectivity index (χ0v) is 10.4. The Morgan fingerprint density at radius 2 is 2.29 bits per heavy atom. The van der Waals surface area contributed by atoms with E-state index in [0.717, 1.165) is 0 Å². The summed E-state index contributed by atoms with van der Waals surface area (Å²) < 4.78 is 1.88. The van der Waals surface area contributed by atoms with Crippen LogP contribution in [0.5, 0.6) is 0 Å². The number of aldehydes is 1. The van der Waals surface area contributed by atoms with Gasteiger partial charge in [0.25, 0.3) is 0 Å². The third kappa shape index (κ3) is 4.26. The van der Waals surface area contributed by atoms with Crippen LogP contribution in [0.1, 0.15) is 13.8 Å². The molecule has 0 aliphatic heterocycles. The van der Waals surface area contributed by atoms with Crippen LogP contribution in [0, 0.1) is 0 Å². The summed E-state index contributed by atoms with van der Waals surface area (Å²) >= 11 is 0. The Morgan fingerprint density at radius 3 is 2.82 bits per heavy atom. The van der Waals surface area contributed by atoms with E-state index in [0.29, 0.717) is 19.4 Å². The Balaban J connectivity index is 2.39. The highest BCUT2D eigenvalue weighted by Gasteiger charge is 2.20. The second-order valence-corrected chi connectivity index (χ2v) is 4.49. The topological polar surface area (TPSA) is 67.2 Å². The van der Waals surface area contributed by atoms with Crippen molar-refractivity contribution < 1.29 is 9.59 Å². The minimum atomic E-state index is -0.833. The van der Waals surface area contributed by atoms with Crippen LogP contribution in [0.25, 0.3) is 0 Å². The highest BCUT2D eigenvalue weighted by Crippen LogP contribution is 1.98. The summed E-state index contributed by atoms with van der Waals surface area (Å²) in [6.07, 6.45) is 5.94. The lowest BCUT2D eigenvalue weighted by Crippen LogP contribution is -2.50. The van der Waals surface area contributed by atoms with Crippen molar-refractivity contribution in [3.8, 4) is 0 Å². The minimum Gasteiger partial charge on any atom is -0.336 e. The van der Waals surface area contributed by atoms with Crippen LogP contribution in [-0.2, 0) is 11.3 Å². The van der Waals surface area contributed by atoms with Gasteiger partial charge in [-0.3, -0.25) is 0 Å². The van der Waals surface area contributed by atoms with Crippen LogP contribution in [-0.4, -0.2) is 45.9 Å². The molecular formula is C11H18N4O2. The first-order valence-electron chi connectivity index (χ1n) is 5.40. The zero-order valence-electron chi connectivity index (χ0n) is 10.4. The van der Waals surface area contributed by atoms with Crippen molar-refractivity contribution >= 4 is 12.3 Å². The monoisotopic (exact) mass is 238 g/mol. The molecule has 0 saturated heterocycles. The third-order valence-corrected chi connectivity index (χ3v) is 2.32. The molecule has 1 rings (SSSR count). The molecule has 94 valence electrons. The Morgan fingerprint density at radius 1 is 1.59 bits per heavy atom. The van der Waals surface area contributed by atoms with E-state index in [1.165, 1.54) is 4.90 Å². The standard InChI is InChI=1S/C11H18N4O2/c1-11(2,8-16)13-10(17)14(3)6-7-15-5-4-12-9-15/h4-5,8-9H,6-7H2,1-3H3,(H,13,17). The number of hydrogen-bond acceptors (Lipinski definition) is 3. The maximum Gasteiger partial charge on any atom is 0.317 e. The van der Waals surface area contributed by atoms with Crippen LogP contribution in [0.4, 0.5) is 4.79 Å². The SMILES string of the molecule is CN(CCn1ccnc1)C(=O)NC(C)(C)C=O. The Bertz CT molecular complexity index is 373. The molecule has 0 spiro atoms. The fraction of sp³-hybridized carbons (Fsp3) is 0.545. The number of nitrogens with zero attached hydrogens (tertiary/aromatic N) is 3. The molecule has 1 aromatic rings. The number of hydrogen-bond donors (Lipinski definition) is 1. The van der Waals surface area contributed by atoms with Gasteiger partial charge in [0, 0.05) is 32.5 Å². The first kappa shape index (κ1) is 13.2. The molecule has 17 heavy (non-hydrogen) atoms. The van der Waals surface area contributed by atoms with Gasteiger partial charge >= 0.3 is 6.03 Å². The first-order chi connectivity index (χ1) is 7.94. The molecule has 0 aromatic carbocycles. The second-order valence-electron chi connectivity index (χ2n) is 4.49. The molecule has 0 atom stereocenters. The molecule has 1 heterocycles. The predicted octanol–water partition coefficient (Wildman–Crippen LogP) is 0.502. The first-order valence-corrected chi connectivity index (χ1v) is 5.40. The lowest BCUT2D eigenvalue weighted by molar-refractivity contribution is -0.112. The fourth-order valence-corrected chi connectivity index (χ4v) is 1.19. The average molecular weight is 238 g/mol. The minimum absolute atomic E-state index is 0.262. The maximum atomic E-state index is 11.7. The fourth-order valence-electron chi connectivity index (χ4n) is 1.19. The number of aromatic nitrogens is 2. The van der Waals surface area contributed by atoms with E-state index in [4.69, 9.17) is 0 Å². The van der Waals surface area contributed by atoms with Gasteiger partial charge in [-0.05, 0) is 13.8 Å². The second kappa shape index (κ2) is 5.47. The largest absolute Gasteiger partial charge is 0.336 e. The van der Waals surface area contributed by atoms with E-state index in [-0.39, 0.29) is 6.03 Å². The molecule has 0 unspecified atom stereocenters. The lowest BCUT2D eigenvalue weighted by atomic mass is 10.1. The molecule has 2 amide bonds. The Labute approximate surface area is 101 Å². The van der Waals surface area contributed by atoms with Crippen molar-refractivity contribution in [3.63, 3.8) is 0 Å². The number of rotatable bonds is 5. The van der Waals surface area contributed by atoms with Gasteiger partial charge in [-0.25, -0.2) is 9.78 Å². The quantitative estimate of drug-likeness (QED) is 0.760. The van der Waals surface area contributed by atoms with Crippen molar-refractivity contribution in [1.29, 1.82) is 0 Å². The summed E-state index contributed by atoms with van der Waals surface area (Å²) in [4.78, 5) is 27.8. The number of carbonyl (C=O) groups is 2. The average Bonchev–Trinajstić information content (AvgIpc) is 2.78. The molecule has 0 radical (unpaired) electrons. The smallest absolute Gasteiger partial charge is 0.317 e. The Hall–Kier alpha value is -1.85. The van der Waals surface area contributed by atoms with Crippen LogP contribution in [0.15, 0.2) is 18.7 Å². The molecule has 6 nitrogen and oxygen atoms in total. The van der Waals surface area contributed by atoms with Crippen LogP contribution in [0.3, 0.4) is 0 Å². The van der Waals surface area contributed by atoms with Gasteiger partial charge in [0.2, 0.25) is 0 Å². The van der Waals surface area contributed by atoms with E-state index in [9.17, 15) is 9.59 Å². The van der Waals surface area contributed by atoms with E-state index in [2.05, 4.69) is 10.3 Å². The van der Waals surface area contributed by atoms with Gasteiger partial charge in [0.05, 0.1) is 11.9 Å². The van der Waals surface area contributed by atoms with E-state index in [1.54, 1.807) is 33.4 Å². The molecule has 1 N–H and O–H groups in total. The molecule has 0 aliphatic rings. The van der Waals surface area contributed by atoms with Gasteiger partial charge in [-0.1, -0.05) is 0 Å². The maximum absolute atomic E-state index is 11.7. The summed E-state index contributed by atoms with van der Waals surface area (Å²) in [7, 11) is 1.69. The summed E-state index contributed by atoms with van der Waals surface area (Å²) in [6, 6.07) is -0.262. The van der Waals surface area contributed by atoms with Gasteiger partial charge in [-0.15, -0.1) is 0 Å². The van der Waals surface area contributed by atoms with Gasteiger partial charge in [0.1, 0.15) is 6.29 Å². The van der Waals surface area contributed by atoms with Gasteiger partial charge in [-0.2, -0.15) is 0 Å². The Kier molecular flexibility index (Phi) is 4.25. The number of urea groups is 1. The summed E-state index contributed by atoms with van der Waals surface area (Å²) in [6.45, 7) is 4.53. The highest BCUT2D eigenvalue weighted by molar-refractivity contribution is 5.79. The summed E-state index contributed by atoms with van der Waals surface area (Å²) in [5, 5.41) is 2.63. The van der Waals surface area contributed by atoms with E-state index < -0.39 is 5.54 Å². The van der Waals surface area contributed by atoms with Crippen molar-refractivity contribution in [2.75, 3.05) is 13.6 Å². The van der Waals surface area contributed by atoms with Gasteiger partial charge in [0.15, 0.2) is 0 Å². The molecular weight excluding hydrogens is 220 g/mol. The molecule has 0 aliphatic carbocycles. The number of imidazole rings is 1. The molecule has 0 saturated carbocycles. The highest BCUT2D eigenvalue weighted by atomic mass is 16.2. The summed E-state index contributed by atoms with van der Waals surface area (Å²) in [5.41, 5.74) is -0.833. The van der Waals surface area contributed by atoms with Crippen LogP contribution < -0.4 is 5.32 Å². The van der Waals surface area contributed by atoms with Gasteiger partial charge < -0.3 is 19.6 Å². The van der Waals surface area contributed by atoms with Crippen molar-refractivity contribution in [1.82, 2.24) is 19.8 Å². The zero-order chi connectivity index (χ0) is 12.9. The molecule has 0 fully saturated rings. The predicted molar refractivity (Wildman–Crippen MR) is 63.5 cm³/mol. The van der Waals surface area contributed by atoms with Crippen molar-refractivity contribution in [2.45, 2.75) is 25.9 Å². The number of likely N-dealkylation sites (N-methyl/N-ethyl adjacent to an activating group) is 1. The summed E-state index contributed by atoms with van der Waals surface area (Å²) in [5.74, 6) is 0. The lowest BCUT2D eigenvalue weighted by Gasteiger charge is -2.24. The number of amides is 2. The third-order valence-electron chi connectivity index (χ3n) is 2.32. The van der Waals surface area contributed by atoms with Crippen molar-refractivity contribution in [3.05, 3.63) is 18.7 Å². The number of nitrogens with one attached hydrogen (secondary N) is 1. The normalized spacial score (nSPS) is 11.0. The molecule has 1 aromatic heterocycles.